The lowest BCUT2D eigenvalue weighted by molar-refractivity contribution is 0.0521. The molecule has 1 N–H and O–H groups in total. The van der Waals surface area contributed by atoms with Gasteiger partial charge in [-0.1, -0.05) is 11.6 Å². The Morgan fingerprint density at radius 2 is 1.79 bits per heavy atom. The smallest absolute Gasteiger partial charge is 0.341 e. The van der Waals surface area contributed by atoms with E-state index in [2.05, 4.69) is 4.72 Å². The third-order valence-corrected chi connectivity index (χ3v) is 5.56. The van der Waals surface area contributed by atoms with E-state index in [4.69, 9.17) is 16.3 Å². The van der Waals surface area contributed by atoms with E-state index in [1.807, 2.05) is 0 Å². The number of ether oxygens (including phenoxy) is 1. The molecule has 2 rings (SSSR count). The first-order chi connectivity index (χ1) is 11.2. The Labute approximate surface area is 146 Å². The Morgan fingerprint density at radius 1 is 1.21 bits per heavy atom. The van der Waals surface area contributed by atoms with Gasteiger partial charge in [-0.3, -0.25) is 4.72 Å². The van der Waals surface area contributed by atoms with Crippen molar-refractivity contribution in [3.63, 3.8) is 0 Å². The van der Waals surface area contributed by atoms with E-state index in [0.717, 1.165) is 0 Å². The van der Waals surface area contributed by atoms with Crippen molar-refractivity contribution >= 4 is 33.3 Å². The number of sulfonamides is 1. The largest absolute Gasteiger partial charge is 0.462 e. The zero-order valence-electron chi connectivity index (χ0n) is 13.9. The summed E-state index contributed by atoms with van der Waals surface area (Å²) in [5.74, 6) is -0.657. The molecular formula is C16H19ClN2O4S. The quantitative estimate of drug-likeness (QED) is 0.819. The molecular weight excluding hydrogens is 352 g/mol. The summed E-state index contributed by atoms with van der Waals surface area (Å²) in [7, 11) is -2.26. The molecule has 130 valence electrons. The highest BCUT2D eigenvalue weighted by molar-refractivity contribution is 7.92. The second-order valence-electron chi connectivity index (χ2n) is 5.27. The third-order valence-electron chi connectivity index (χ3n) is 3.77. The van der Waals surface area contributed by atoms with Crippen molar-refractivity contribution in [3.05, 3.63) is 46.2 Å². The normalized spacial score (nSPS) is 11.4. The van der Waals surface area contributed by atoms with Gasteiger partial charge in [-0.05, 0) is 45.0 Å². The van der Waals surface area contributed by atoms with Crippen molar-refractivity contribution in [2.45, 2.75) is 25.7 Å². The highest BCUT2D eigenvalue weighted by atomic mass is 35.5. The second-order valence-corrected chi connectivity index (χ2v) is 7.32. The van der Waals surface area contributed by atoms with Crippen LogP contribution in [0.2, 0.25) is 5.02 Å². The zero-order valence-corrected chi connectivity index (χ0v) is 15.5. The number of rotatable bonds is 5. The predicted octanol–water partition coefficient (Wildman–Crippen LogP) is 3.27. The van der Waals surface area contributed by atoms with Crippen LogP contribution in [-0.4, -0.2) is 25.6 Å². The molecule has 0 saturated heterocycles. The molecule has 0 spiro atoms. The molecule has 0 amide bonds. The number of hydrogen-bond donors (Lipinski definition) is 1. The fraction of sp³-hybridized carbons (Fsp3) is 0.312. The second kappa shape index (κ2) is 6.86. The molecule has 0 aliphatic rings. The third kappa shape index (κ3) is 3.42. The maximum Gasteiger partial charge on any atom is 0.341 e. The molecule has 0 unspecified atom stereocenters. The number of carbonyl (C=O) groups is 1. The molecule has 0 aliphatic heterocycles. The van der Waals surface area contributed by atoms with Gasteiger partial charge in [-0.2, -0.15) is 0 Å². The van der Waals surface area contributed by atoms with Crippen molar-refractivity contribution in [1.82, 2.24) is 4.57 Å². The number of hydrogen-bond acceptors (Lipinski definition) is 4. The van der Waals surface area contributed by atoms with Gasteiger partial charge in [-0.25, -0.2) is 13.2 Å². The summed E-state index contributed by atoms with van der Waals surface area (Å²) in [5, 5.41) is 0.497. The van der Waals surface area contributed by atoms with Gasteiger partial charge >= 0.3 is 5.97 Å². The molecule has 0 atom stereocenters. The van der Waals surface area contributed by atoms with Crippen molar-refractivity contribution in [1.29, 1.82) is 0 Å². The first kappa shape index (κ1) is 18.4. The van der Waals surface area contributed by atoms with Crippen molar-refractivity contribution in [2.24, 2.45) is 7.05 Å². The van der Waals surface area contributed by atoms with Crippen LogP contribution in [0.15, 0.2) is 29.2 Å². The maximum atomic E-state index is 12.8. The molecule has 0 saturated carbocycles. The monoisotopic (exact) mass is 370 g/mol. The standard InChI is InChI=1S/C16H19ClN2O4S/c1-5-23-16(20)14-10(2)19(4)11(3)15(14)24(21,22)18-13-8-6-12(17)7-9-13/h6-9,18H,5H2,1-4H3. The van der Waals surface area contributed by atoms with Crippen molar-refractivity contribution in [3.8, 4) is 0 Å². The van der Waals surface area contributed by atoms with E-state index in [1.165, 1.54) is 0 Å². The Bertz CT molecular complexity index is 870. The topological polar surface area (TPSA) is 77.4 Å². The number of carbonyl (C=O) groups excluding carboxylic acids is 1. The Kier molecular flexibility index (Phi) is 5.25. The van der Waals surface area contributed by atoms with Crippen molar-refractivity contribution in [2.75, 3.05) is 11.3 Å². The number of halogens is 1. The van der Waals surface area contributed by atoms with E-state index in [1.54, 1.807) is 56.7 Å². The lowest BCUT2D eigenvalue weighted by Crippen LogP contribution is -2.18. The molecule has 1 heterocycles. The summed E-state index contributed by atoms with van der Waals surface area (Å²) in [6.07, 6.45) is 0. The van der Waals surface area contributed by atoms with Crippen LogP contribution in [0.1, 0.15) is 28.7 Å². The molecule has 8 heteroatoms. The molecule has 24 heavy (non-hydrogen) atoms. The molecule has 0 bridgehead atoms. The van der Waals surface area contributed by atoms with Gasteiger partial charge in [0.05, 0.1) is 6.61 Å². The van der Waals surface area contributed by atoms with Crippen LogP contribution in [0, 0.1) is 13.8 Å². The summed E-state index contributed by atoms with van der Waals surface area (Å²) in [4.78, 5) is 12.2. The van der Waals surface area contributed by atoms with Gasteiger partial charge in [0.15, 0.2) is 0 Å². The number of benzene rings is 1. The fourth-order valence-electron chi connectivity index (χ4n) is 2.41. The van der Waals surface area contributed by atoms with Gasteiger partial charge < -0.3 is 9.30 Å². The number of anilines is 1. The summed E-state index contributed by atoms with van der Waals surface area (Å²) in [6, 6.07) is 6.26. The first-order valence-electron chi connectivity index (χ1n) is 7.30. The molecule has 1 aromatic heterocycles. The summed E-state index contributed by atoms with van der Waals surface area (Å²) in [6.45, 7) is 5.16. The molecule has 1 aromatic carbocycles. The molecule has 0 radical (unpaired) electrons. The molecule has 0 aliphatic carbocycles. The van der Waals surface area contributed by atoms with E-state index < -0.39 is 16.0 Å². The van der Waals surface area contributed by atoms with E-state index in [9.17, 15) is 13.2 Å². The molecule has 2 aromatic rings. The highest BCUT2D eigenvalue weighted by Crippen LogP contribution is 2.29. The summed E-state index contributed by atoms with van der Waals surface area (Å²) >= 11 is 5.81. The summed E-state index contributed by atoms with van der Waals surface area (Å²) in [5.41, 5.74) is 1.40. The van der Waals surface area contributed by atoms with Crippen LogP contribution in [0.4, 0.5) is 5.69 Å². The predicted molar refractivity (Wildman–Crippen MR) is 93.1 cm³/mol. The van der Waals surface area contributed by atoms with Crippen LogP contribution >= 0.6 is 11.6 Å². The van der Waals surface area contributed by atoms with Gasteiger partial charge in [-0.15, -0.1) is 0 Å². The SMILES string of the molecule is CCOC(=O)c1c(S(=O)(=O)Nc2ccc(Cl)cc2)c(C)n(C)c1C. The van der Waals surface area contributed by atoms with E-state index in [0.29, 0.717) is 22.1 Å². The maximum absolute atomic E-state index is 12.8. The Balaban J connectivity index is 2.55. The highest BCUT2D eigenvalue weighted by Gasteiger charge is 2.31. The lowest BCUT2D eigenvalue weighted by atomic mass is 10.2. The average Bonchev–Trinajstić information content (AvgIpc) is 2.74. The van der Waals surface area contributed by atoms with Crippen LogP contribution in [0.5, 0.6) is 0 Å². The van der Waals surface area contributed by atoms with Gasteiger partial charge in [0.1, 0.15) is 10.5 Å². The van der Waals surface area contributed by atoms with Crippen LogP contribution in [0.3, 0.4) is 0 Å². The van der Waals surface area contributed by atoms with E-state index in [-0.39, 0.29) is 17.1 Å². The average molecular weight is 371 g/mol. The molecule has 6 nitrogen and oxygen atoms in total. The minimum atomic E-state index is -3.97. The number of nitrogens with one attached hydrogen (secondary N) is 1. The Morgan fingerprint density at radius 3 is 2.33 bits per heavy atom. The minimum Gasteiger partial charge on any atom is -0.462 e. The zero-order chi connectivity index (χ0) is 18.1. The first-order valence-corrected chi connectivity index (χ1v) is 9.16. The van der Waals surface area contributed by atoms with Gasteiger partial charge in [0.25, 0.3) is 10.0 Å². The minimum absolute atomic E-state index is 0.0540. The van der Waals surface area contributed by atoms with Gasteiger partial charge in [0.2, 0.25) is 0 Å². The van der Waals surface area contributed by atoms with Gasteiger partial charge in [0, 0.05) is 29.1 Å². The van der Waals surface area contributed by atoms with Crippen LogP contribution in [0.25, 0.3) is 0 Å². The van der Waals surface area contributed by atoms with Crippen molar-refractivity contribution < 1.29 is 17.9 Å². The van der Waals surface area contributed by atoms with Crippen LogP contribution < -0.4 is 4.72 Å². The molecule has 0 fully saturated rings. The Hall–Kier alpha value is -1.99. The van der Waals surface area contributed by atoms with Crippen LogP contribution in [-0.2, 0) is 21.8 Å². The number of nitrogens with zero attached hydrogens (tertiary/aromatic N) is 1. The number of aromatic nitrogens is 1. The fourth-order valence-corrected chi connectivity index (χ4v) is 4.11. The van der Waals surface area contributed by atoms with E-state index >= 15 is 0 Å². The summed E-state index contributed by atoms with van der Waals surface area (Å²) < 4.78 is 34.8. The number of esters is 1. The lowest BCUT2D eigenvalue weighted by Gasteiger charge is -2.10.